The molecule has 0 aliphatic heterocycles. The molecule has 0 bridgehead atoms. The lowest BCUT2D eigenvalue weighted by Crippen LogP contribution is -2.02. The molecule has 0 spiro atoms. The van der Waals surface area contributed by atoms with E-state index in [1.54, 1.807) is 6.07 Å². The summed E-state index contributed by atoms with van der Waals surface area (Å²) in [5, 5.41) is 0. The first-order valence-electron chi connectivity index (χ1n) is 6.47. The highest BCUT2D eigenvalue weighted by Crippen LogP contribution is 2.47. The topological polar surface area (TPSA) is 17.1 Å². The van der Waals surface area contributed by atoms with Gasteiger partial charge in [0.15, 0.2) is 6.29 Å². The van der Waals surface area contributed by atoms with Crippen molar-refractivity contribution in [2.45, 2.75) is 18.3 Å². The van der Waals surface area contributed by atoms with E-state index in [2.05, 4.69) is 36.1 Å². The Morgan fingerprint density at radius 3 is 2.32 bits per heavy atom. The second-order valence-electron chi connectivity index (χ2n) is 4.90. The van der Waals surface area contributed by atoms with E-state index in [0.29, 0.717) is 5.56 Å². The van der Waals surface area contributed by atoms with Crippen molar-refractivity contribution in [2.75, 3.05) is 0 Å². The normalized spacial score (nSPS) is 15.2. The van der Waals surface area contributed by atoms with E-state index in [1.807, 2.05) is 24.3 Å². The predicted molar refractivity (Wildman–Crippen MR) is 76.1 cm³/mol. The minimum Gasteiger partial charge on any atom is -0.298 e. The summed E-state index contributed by atoms with van der Waals surface area (Å²) in [6.07, 6.45) is 3.08. The van der Waals surface area contributed by atoms with Gasteiger partial charge in [0.1, 0.15) is 0 Å². The molecule has 0 aromatic heterocycles. The van der Waals surface area contributed by atoms with Gasteiger partial charge in [-0.15, -0.1) is 0 Å². The maximum absolute atomic E-state index is 11.0. The molecule has 1 heteroatoms. The predicted octanol–water partition coefficient (Wildman–Crippen LogP) is 3.58. The second kappa shape index (κ2) is 4.74. The lowest BCUT2D eigenvalue weighted by molar-refractivity contribution is 0.112. The summed E-state index contributed by atoms with van der Waals surface area (Å²) in [6.45, 7) is 0. The van der Waals surface area contributed by atoms with Gasteiger partial charge in [0, 0.05) is 11.1 Å². The molecule has 1 aliphatic rings. The van der Waals surface area contributed by atoms with Crippen LogP contribution in [0.1, 0.15) is 34.3 Å². The molecule has 1 fully saturated rings. The monoisotopic (exact) mass is 246 g/mol. The molecular weight excluding hydrogens is 232 g/mol. The number of benzene rings is 2. The Morgan fingerprint density at radius 2 is 1.63 bits per heavy atom. The number of hydrogen-bond donors (Lipinski definition) is 0. The van der Waals surface area contributed by atoms with Crippen LogP contribution in [0.4, 0.5) is 0 Å². The molecule has 0 N–H and O–H groups in total. The van der Waals surface area contributed by atoms with Crippen molar-refractivity contribution in [1.29, 1.82) is 0 Å². The van der Waals surface area contributed by atoms with Crippen LogP contribution in [0.15, 0.2) is 54.6 Å². The molecule has 92 valence electrons. The van der Waals surface area contributed by atoms with Crippen molar-refractivity contribution < 1.29 is 4.79 Å². The third kappa shape index (κ3) is 2.30. The quantitative estimate of drug-likeness (QED) is 0.584. The Labute approximate surface area is 113 Å². The van der Waals surface area contributed by atoms with Crippen LogP contribution in [-0.4, -0.2) is 6.29 Å². The average Bonchev–Trinajstić information content (AvgIpc) is 3.27. The van der Waals surface area contributed by atoms with Crippen molar-refractivity contribution >= 4 is 6.29 Å². The summed E-state index contributed by atoms with van der Waals surface area (Å²) in [7, 11) is 0. The molecule has 2 aromatic carbocycles. The van der Waals surface area contributed by atoms with Crippen LogP contribution >= 0.6 is 0 Å². The van der Waals surface area contributed by atoms with E-state index in [-0.39, 0.29) is 5.41 Å². The maximum atomic E-state index is 11.0. The van der Waals surface area contributed by atoms with E-state index in [0.717, 1.165) is 24.7 Å². The molecule has 0 radical (unpaired) electrons. The molecule has 0 saturated heterocycles. The zero-order chi connectivity index (χ0) is 13.1. The smallest absolute Gasteiger partial charge is 0.151 e. The van der Waals surface area contributed by atoms with Gasteiger partial charge in [-0.25, -0.2) is 0 Å². The Balaban J connectivity index is 1.95. The molecule has 0 heterocycles. The van der Waals surface area contributed by atoms with Gasteiger partial charge in [-0.2, -0.15) is 0 Å². The van der Waals surface area contributed by atoms with E-state index in [9.17, 15) is 4.79 Å². The first-order chi connectivity index (χ1) is 9.34. The zero-order valence-electron chi connectivity index (χ0n) is 10.6. The van der Waals surface area contributed by atoms with Crippen LogP contribution in [-0.2, 0) is 5.41 Å². The largest absolute Gasteiger partial charge is 0.298 e. The molecule has 1 nitrogen and oxygen atoms in total. The molecule has 2 aromatic rings. The van der Waals surface area contributed by atoms with Crippen LogP contribution < -0.4 is 0 Å². The van der Waals surface area contributed by atoms with Crippen LogP contribution in [0.25, 0.3) is 0 Å². The number of carbonyl (C=O) groups is 1. The zero-order valence-corrected chi connectivity index (χ0v) is 10.6. The Bertz CT molecular complexity index is 655. The molecule has 0 atom stereocenters. The summed E-state index contributed by atoms with van der Waals surface area (Å²) < 4.78 is 0. The fraction of sp³-hybridized carbons (Fsp3) is 0.167. The molecule has 1 aliphatic carbocycles. The van der Waals surface area contributed by atoms with Crippen molar-refractivity contribution in [3.05, 3.63) is 71.3 Å². The minimum atomic E-state index is 0.0112. The average molecular weight is 246 g/mol. The molecule has 0 unspecified atom stereocenters. The highest BCUT2D eigenvalue weighted by Gasteiger charge is 2.42. The van der Waals surface area contributed by atoms with Crippen LogP contribution in [0, 0.1) is 11.8 Å². The Kier molecular flexibility index (Phi) is 2.93. The number of aldehydes is 1. The van der Waals surface area contributed by atoms with Crippen LogP contribution in [0.5, 0.6) is 0 Å². The van der Waals surface area contributed by atoms with Gasteiger partial charge in [-0.3, -0.25) is 4.79 Å². The van der Waals surface area contributed by atoms with Crippen LogP contribution in [0.3, 0.4) is 0 Å². The summed E-state index contributed by atoms with van der Waals surface area (Å²) in [4.78, 5) is 11.0. The second-order valence-corrected chi connectivity index (χ2v) is 4.90. The van der Waals surface area contributed by atoms with Gasteiger partial charge >= 0.3 is 0 Å². The summed E-state index contributed by atoms with van der Waals surface area (Å²) in [5.74, 6) is 6.55. The third-order valence-electron chi connectivity index (χ3n) is 3.60. The lowest BCUT2D eigenvalue weighted by Gasteiger charge is -2.07. The Morgan fingerprint density at radius 1 is 0.947 bits per heavy atom. The molecule has 3 rings (SSSR count). The van der Waals surface area contributed by atoms with Crippen molar-refractivity contribution in [2.24, 2.45) is 0 Å². The Hall–Kier alpha value is -2.33. The molecular formula is C18H14O. The lowest BCUT2D eigenvalue weighted by atomic mass is 9.96. The van der Waals surface area contributed by atoms with Crippen molar-refractivity contribution in [3.8, 4) is 11.8 Å². The minimum absolute atomic E-state index is 0.0112. The van der Waals surface area contributed by atoms with Gasteiger partial charge < -0.3 is 0 Å². The number of hydrogen-bond acceptors (Lipinski definition) is 1. The van der Waals surface area contributed by atoms with Gasteiger partial charge in [-0.05, 0) is 24.5 Å². The number of rotatable bonds is 2. The van der Waals surface area contributed by atoms with Gasteiger partial charge in [0.05, 0.1) is 5.41 Å². The van der Waals surface area contributed by atoms with E-state index in [1.165, 1.54) is 5.56 Å². The first-order valence-corrected chi connectivity index (χ1v) is 6.47. The molecule has 0 amide bonds. The van der Waals surface area contributed by atoms with Gasteiger partial charge in [-0.1, -0.05) is 60.4 Å². The van der Waals surface area contributed by atoms with E-state index in [4.69, 9.17) is 0 Å². The fourth-order valence-corrected chi connectivity index (χ4v) is 2.27. The summed E-state index contributed by atoms with van der Waals surface area (Å²) >= 11 is 0. The van der Waals surface area contributed by atoms with Crippen molar-refractivity contribution in [1.82, 2.24) is 0 Å². The first kappa shape index (κ1) is 11.7. The van der Waals surface area contributed by atoms with E-state index >= 15 is 0 Å². The van der Waals surface area contributed by atoms with Gasteiger partial charge in [0.2, 0.25) is 0 Å². The van der Waals surface area contributed by atoms with E-state index < -0.39 is 0 Å². The maximum Gasteiger partial charge on any atom is 0.151 e. The summed E-state index contributed by atoms with van der Waals surface area (Å²) in [6, 6.07) is 17.9. The third-order valence-corrected chi connectivity index (χ3v) is 3.60. The van der Waals surface area contributed by atoms with Crippen molar-refractivity contribution in [3.63, 3.8) is 0 Å². The SMILES string of the molecule is O=Cc1ccccc1C#CC1(c2ccccc2)CC1. The van der Waals surface area contributed by atoms with Crippen LogP contribution in [0.2, 0.25) is 0 Å². The highest BCUT2D eigenvalue weighted by atomic mass is 16.1. The highest BCUT2D eigenvalue weighted by molar-refractivity contribution is 5.79. The molecule has 1 saturated carbocycles. The summed E-state index contributed by atoms with van der Waals surface area (Å²) in [5.41, 5.74) is 2.78. The molecule has 19 heavy (non-hydrogen) atoms. The standard InChI is InChI=1S/C18H14O/c19-14-16-7-5-4-6-15(16)10-11-18(12-13-18)17-8-2-1-3-9-17/h1-9,14H,12-13H2. The fourth-order valence-electron chi connectivity index (χ4n) is 2.27. The number of carbonyl (C=O) groups excluding carboxylic acids is 1. The van der Waals surface area contributed by atoms with Gasteiger partial charge in [0.25, 0.3) is 0 Å².